The van der Waals surface area contributed by atoms with E-state index in [9.17, 15) is 0 Å². The zero-order chi connectivity index (χ0) is 25.3. The van der Waals surface area contributed by atoms with E-state index >= 15 is 0 Å². The van der Waals surface area contributed by atoms with Crippen LogP contribution >= 0.6 is 0 Å². The molecule has 3 heterocycles. The minimum Gasteiger partial charge on any atom is -0.361 e. The Morgan fingerprint density at radius 2 is 1.19 bits per heavy atom. The second-order valence-corrected chi connectivity index (χ2v) is 6.74. The van der Waals surface area contributed by atoms with Crippen molar-refractivity contribution in [1.29, 1.82) is 0 Å². The summed E-state index contributed by atoms with van der Waals surface area (Å²) in [5.74, 6) is 4.84. The monoisotopic (exact) mass is 451 g/mol. The fourth-order valence-corrected chi connectivity index (χ4v) is 1.89. The average molecular weight is 452 g/mol. The lowest BCUT2D eigenvalue weighted by molar-refractivity contribution is 0.362. The highest BCUT2D eigenvalue weighted by atomic mass is 16.5. The molecule has 0 aliphatic heterocycles. The van der Waals surface area contributed by atoms with Crippen molar-refractivity contribution in [3.63, 3.8) is 0 Å². The summed E-state index contributed by atoms with van der Waals surface area (Å²) in [5, 5.41) is 11.1. The highest BCUT2D eigenvalue weighted by Crippen LogP contribution is 2.38. The van der Waals surface area contributed by atoms with Gasteiger partial charge in [0.25, 0.3) is 0 Å². The lowest BCUT2D eigenvalue weighted by atomic mass is 10.2. The van der Waals surface area contributed by atoms with Crippen LogP contribution in [0.2, 0.25) is 0 Å². The first-order chi connectivity index (χ1) is 15.3. The molecule has 1 aliphatic carbocycles. The van der Waals surface area contributed by atoms with Crippen LogP contribution in [-0.4, -0.2) is 25.4 Å². The van der Waals surface area contributed by atoms with Gasteiger partial charge in [-0.2, -0.15) is 9.97 Å². The van der Waals surface area contributed by atoms with Gasteiger partial charge < -0.3 is 13.6 Å². The van der Waals surface area contributed by atoms with Gasteiger partial charge in [-0.05, 0) is 47.5 Å². The van der Waals surface area contributed by atoms with Crippen LogP contribution in [0.25, 0.3) is 0 Å². The zero-order valence-corrected chi connectivity index (χ0v) is 22.5. The van der Waals surface area contributed by atoms with Crippen molar-refractivity contribution in [3.05, 3.63) is 40.4 Å². The number of hydrogen-bond donors (Lipinski definition) is 0. The summed E-state index contributed by atoms with van der Waals surface area (Å²) in [6, 6.07) is 0. The molecule has 1 fully saturated rings. The average Bonchev–Trinajstić information content (AvgIpc) is 3.32. The second kappa shape index (κ2) is 18.1. The van der Waals surface area contributed by atoms with Crippen LogP contribution < -0.4 is 0 Å². The quantitative estimate of drug-likeness (QED) is 0.396. The Morgan fingerprint density at radius 1 is 0.688 bits per heavy atom. The van der Waals surface area contributed by atoms with Gasteiger partial charge in [-0.25, -0.2) is 0 Å². The van der Waals surface area contributed by atoms with Crippen molar-refractivity contribution < 1.29 is 13.6 Å². The number of hydrogen-bond acceptors (Lipinski definition) is 8. The summed E-state index contributed by atoms with van der Waals surface area (Å²) in [6.07, 6.45) is 2.45. The molecule has 4 rings (SSSR count). The lowest BCUT2D eigenvalue weighted by Gasteiger charge is -1.91. The first-order valence-corrected chi connectivity index (χ1v) is 11.8. The number of nitrogens with zero attached hydrogens (tertiary/aromatic N) is 5. The maximum absolute atomic E-state index is 4.93. The van der Waals surface area contributed by atoms with Crippen LogP contribution in [-0.2, 0) is 0 Å². The molecule has 8 heteroatoms. The highest BCUT2D eigenvalue weighted by molar-refractivity contribution is 5.17. The number of rotatable bonds is 2. The molecule has 1 saturated carbocycles. The van der Waals surface area contributed by atoms with E-state index in [0.29, 0.717) is 23.6 Å². The molecular weight excluding hydrogens is 406 g/mol. The number of aryl methyl sites for hydroxylation is 4. The molecular formula is C24H45N5O3. The molecule has 0 bridgehead atoms. The van der Waals surface area contributed by atoms with E-state index < -0.39 is 0 Å². The molecule has 0 N–H and O–H groups in total. The van der Waals surface area contributed by atoms with E-state index in [0.717, 1.165) is 28.7 Å². The third kappa shape index (κ3) is 12.4. The minimum absolute atomic E-state index is 0.339. The van der Waals surface area contributed by atoms with E-state index in [1.807, 2.05) is 90.0 Å². The molecule has 1 aliphatic rings. The normalized spacial score (nSPS) is 11.2. The summed E-state index contributed by atoms with van der Waals surface area (Å²) in [5.41, 5.74) is 2.15. The number of aromatic nitrogens is 5. The van der Waals surface area contributed by atoms with Gasteiger partial charge in [0, 0.05) is 17.4 Å². The molecule has 0 unspecified atom stereocenters. The summed E-state index contributed by atoms with van der Waals surface area (Å²) in [4.78, 5) is 8.13. The Hall–Kier alpha value is -2.51. The fraction of sp³-hybridized carbons (Fsp3) is 0.708. The zero-order valence-electron chi connectivity index (χ0n) is 22.5. The first-order valence-electron chi connectivity index (χ1n) is 11.8. The fourth-order valence-electron chi connectivity index (χ4n) is 1.89. The molecule has 0 radical (unpaired) electrons. The molecule has 3 aromatic rings. The van der Waals surface area contributed by atoms with E-state index in [1.165, 1.54) is 12.8 Å². The predicted octanol–water partition coefficient (Wildman–Crippen LogP) is 7.44. The molecule has 0 atom stereocenters. The van der Waals surface area contributed by atoms with E-state index in [4.69, 9.17) is 13.6 Å². The Bertz CT molecular complexity index is 760. The van der Waals surface area contributed by atoms with Gasteiger partial charge in [0.05, 0.1) is 5.69 Å². The molecule has 184 valence electrons. The maximum Gasteiger partial charge on any atom is 0.229 e. The van der Waals surface area contributed by atoms with Crippen molar-refractivity contribution in [2.75, 3.05) is 0 Å². The van der Waals surface area contributed by atoms with Gasteiger partial charge in [0.15, 0.2) is 11.6 Å². The van der Waals surface area contributed by atoms with Crippen molar-refractivity contribution in [2.24, 2.45) is 0 Å². The third-order valence-corrected chi connectivity index (χ3v) is 3.90. The van der Waals surface area contributed by atoms with Gasteiger partial charge in [-0.3, -0.25) is 0 Å². The molecule has 0 saturated heterocycles. The third-order valence-electron chi connectivity index (χ3n) is 3.90. The maximum atomic E-state index is 4.93. The van der Waals surface area contributed by atoms with Gasteiger partial charge in [-0.15, -0.1) is 0 Å². The molecule has 3 aromatic heterocycles. The minimum atomic E-state index is 0.339. The summed E-state index contributed by atoms with van der Waals surface area (Å²) in [6.45, 7) is 25.5. The topological polar surface area (TPSA) is 104 Å². The van der Waals surface area contributed by atoms with E-state index in [1.54, 1.807) is 0 Å². The Kier molecular flexibility index (Phi) is 17.9. The van der Waals surface area contributed by atoms with Crippen LogP contribution in [0.15, 0.2) is 13.6 Å². The molecule has 0 spiro atoms. The Morgan fingerprint density at radius 3 is 1.41 bits per heavy atom. The summed E-state index contributed by atoms with van der Waals surface area (Å²) >= 11 is 0. The van der Waals surface area contributed by atoms with Crippen LogP contribution in [0.1, 0.15) is 121 Å². The first kappa shape index (κ1) is 31.7. The van der Waals surface area contributed by atoms with E-state index in [2.05, 4.69) is 25.4 Å². The van der Waals surface area contributed by atoms with Gasteiger partial charge in [0.1, 0.15) is 5.76 Å². The summed E-state index contributed by atoms with van der Waals surface area (Å²) < 4.78 is 14.6. The van der Waals surface area contributed by atoms with Crippen molar-refractivity contribution >= 4 is 0 Å². The Labute approximate surface area is 194 Å². The molecule has 0 amide bonds. The standard InChI is InChI=1S/C6H8N2O.C6H10N2O.C6H9NO.3C2H6/c1-4-7-6(9-8-4)5-2-3-5;1-4(2)6-7-5(3)8-9-6;1-4-5(2)7-8-6(4)3;3*1-2/h5H,2-3H2,1H3;4H,1-3H3;1-3H3;3*1-2H3. The van der Waals surface area contributed by atoms with Crippen LogP contribution in [0.5, 0.6) is 0 Å². The second-order valence-electron chi connectivity index (χ2n) is 6.74. The Balaban J connectivity index is 0. The molecule has 0 aromatic carbocycles. The largest absolute Gasteiger partial charge is 0.361 e. The van der Waals surface area contributed by atoms with Crippen molar-refractivity contribution in [3.8, 4) is 0 Å². The van der Waals surface area contributed by atoms with Crippen LogP contribution in [0.3, 0.4) is 0 Å². The van der Waals surface area contributed by atoms with Gasteiger partial charge in [0.2, 0.25) is 11.8 Å². The lowest BCUT2D eigenvalue weighted by Crippen LogP contribution is -1.85. The molecule has 32 heavy (non-hydrogen) atoms. The smallest absolute Gasteiger partial charge is 0.229 e. The van der Waals surface area contributed by atoms with Gasteiger partial charge in [-0.1, -0.05) is 70.9 Å². The molecule has 8 nitrogen and oxygen atoms in total. The van der Waals surface area contributed by atoms with Crippen LogP contribution in [0.4, 0.5) is 0 Å². The van der Waals surface area contributed by atoms with Gasteiger partial charge >= 0.3 is 0 Å². The van der Waals surface area contributed by atoms with E-state index in [-0.39, 0.29) is 0 Å². The van der Waals surface area contributed by atoms with Crippen molar-refractivity contribution in [2.45, 2.75) is 115 Å². The highest BCUT2D eigenvalue weighted by Gasteiger charge is 2.28. The predicted molar refractivity (Wildman–Crippen MR) is 129 cm³/mol. The summed E-state index contributed by atoms with van der Waals surface area (Å²) in [7, 11) is 0. The SMILES string of the molecule is CC.CC.CC.Cc1noc(C(C)C)n1.Cc1noc(C)c1C.Cc1noc(C2CC2)n1. The van der Waals surface area contributed by atoms with Crippen molar-refractivity contribution in [1.82, 2.24) is 25.4 Å². The van der Waals surface area contributed by atoms with Crippen LogP contribution in [0, 0.1) is 34.6 Å².